The Bertz CT molecular complexity index is 521. The van der Waals surface area contributed by atoms with E-state index in [0.29, 0.717) is 18.7 Å². The molecular formula is C16H22N2O3. The highest BCUT2D eigenvalue weighted by molar-refractivity contribution is 5.91. The molecule has 1 aliphatic carbocycles. The Balaban J connectivity index is 1.88. The summed E-state index contributed by atoms with van der Waals surface area (Å²) in [6, 6.07) is 7.46. The monoisotopic (exact) mass is 290 g/mol. The van der Waals surface area contributed by atoms with Crippen LogP contribution in [-0.4, -0.2) is 23.5 Å². The van der Waals surface area contributed by atoms with Crippen molar-refractivity contribution < 1.29 is 14.7 Å². The fourth-order valence-electron chi connectivity index (χ4n) is 2.48. The fourth-order valence-corrected chi connectivity index (χ4v) is 2.48. The van der Waals surface area contributed by atoms with Crippen molar-refractivity contribution in [3.05, 3.63) is 29.8 Å². The predicted octanol–water partition coefficient (Wildman–Crippen LogP) is 1.92. The largest absolute Gasteiger partial charge is 0.481 e. The lowest BCUT2D eigenvalue weighted by atomic mass is 9.94. The van der Waals surface area contributed by atoms with E-state index in [0.717, 1.165) is 18.4 Å². The highest BCUT2D eigenvalue weighted by Crippen LogP contribution is 2.48. The molecule has 0 radical (unpaired) electrons. The van der Waals surface area contributed by atoms with Crippen molar-refractivity contribution in [2.45, 2.75) is 38.0 Å². The van der Waals surface area contributed by atoms with Crippen molar-refractivity contribution in [3.8, 4) is 0 Å². The molecule has 21 heavy (non-hydrogen) atoms. The molecule has 5 heteroatoms. The number of amides is 1. The first-order chi connectivity index (χ1) is 9.94. The number of hydrogen-bond donors (Lipinski definition) is 3. The average molecular weight is 290 g/mol. The van der Waals surface area contributed by atoms with Gasteiger partial charge in [0, 0.05) is 18.7 Å². The van der Waals surface area contributed by atoms with Crippen LogP contribution in [0.25, 0.3) is 0 Å². The van der Waals surface area contributed by atoms with Gasteiger partial charge in [0.05, 0.1) is 5.41 Å². The third-order valence-corrected chi connectivity index (χ3v) is 4.11. The zero-order valence-electron chi connectivity index (χ0n) is 12.3. The number of rotatable bonds is 7. The van der Waals surface area contributed by atoms with Crippen LogP contribution in [0.2, 0.25) is 0 Å². The second-order valence-corrected chi connectivity index (χ2v) is 5.95. The Morgan fingerprint density at radius 3 is 2.48 bits per heavy atom. The number of hydrogen-bond acceptors (Lipinski definition) is 3. The molecule has 0 aliphatic heterocycles. The zero-order chi connectivity index (χ0) is 15.5. The van der Waals surface area contributed by atoms with E-state index in [1.54, 1.807) is 0 Å². The number of benzene rings is 1. The average Bonchev–Trinajstić information content (AvgIpc) is 3.25. The van der Waals surface area contributed by atoms with Crippen LogP contribution in [0.1, 0.15) is 38.2 Å². The van der Waals surface area contributed by atoms with Crippen molar-refractivity contribution in [2.24, 2.45) is 5.92 Å². The molecule has 0 bridgehead atoms. The van der Waals surface area contributed by atoms with Crippen LogP contribution in [0, 0.1) is 5.92 Å². The molecule has 1 aliphatic rings. The Morgan fingerprint density at radius 1 is 1.33 bits per heavy atom. The zero-order valence-corrected chi connectivity index (χ0v) is 12.3. The Hall–Kier alpha value is -2.04. The first-order valence-electron chi connectivity index (χ1n) is 7.30. The van der Waals surface area contributed by atoms with Crippen LogP contribution in [-0.2, 0) is 15.0 Å². The summed E-state index contributed by atoms with van der Waals surface area (Å²) in [5, 5.41) is 11.6. The van der Waals surface area contributed by atoms with E-state index >= 15 is 0 Å². The quantitative estimate of drug-likeness (QED) is 0.669. The summed E-state index contributed by atoms with van der Waals surface area (Å²) in [4.78, 5) is 22.9. The van der Waals surface area contributed by atoms with Crippen LogP contribution < -0.4 is 11.1 Å². The highest BCUT2D eigenvalue weighted by Gasteiger charge is 2.51. The van der Waals surface area contributed by atoms with Gasteiger partial charge in [0.1, 0.15) is 0 Å². The molecule has 5 nitrogen and oxygen atoms in total. The van der Waals surface area contributed by atoms with E-state index in [4.69, 9.17) is 10.8 Å². The summed E-state index contributed by atoms with van der Waals surface area (Å²) in [6.45, 7) is 2.47. The summed E-state index contributed by atoms with van der Waals surface area (Å²) in [7, 11) is 0. The molecule has 0 heterocycles. The van der Waals surface area contributed by atoms with Crippen LogP contribution in [0.15, 0.2) is 24.3 Å². The number of nitrogens with two attached hydrogens (primary N) is 1. The van der Waals surface area contributed by atoms with Gasteiger partial charge in [-0.05, 0) is 42.9 Å². The van der Waals surface area contributed by atoms with Crippen molar-refractivity contribution in [1.82, 2.24) is 5.32 Å². The lowest BCUT2D eigenvalue weighted by molar-refractivity contribution is -0.137. The van der Waals surface area contributed by atoms with Gasteiger partial charge in [0.25, 0.3) is 0 Å². The lowest BCUT2D eigenvalue weighted by Crippen LogP contribution is -2.37. The maximum absolute atomic E-state index is 12.4. The topological polar surface area (TPSA) is 92.4 Å². The molecule has 4 N–H and O–H groups in total. The number of nitrogen functional groups attached to an aromatic ring is 1. The van der Waals surface area contributed by atoms with Crippen molar-refractivity contribution >= 4 is 17.6 Å². The summed E-state index contributed by atoms with van der Waals surface area (Å²) >= 11 is 0. The second kappa shape index (κ2) is 6.16. The number of carboxylic acids is 1. The van der Waals surface area contributed by atoms with Crippen molar-refractivity contribution in [1.29, 1.82) is 0 Å². The molecule has 114 valence electrons. The Labute approximate surface area is 124 Å². The first-order valence-corrected chi connectivity index (χ1v) is 7.30. The fraction of sp³-hybridized carbons (Fsp3) is 0.500. The number of carbonyl (C=O) groups is 2. The second-order valence-electron chi connectivity index (χ2n) is 5.95. The Kier molecular flexibility index (Phi) is 4.50. The van der Waals surface area contributed by atoms with E-state index in [1.807, 2.05) is 31.2 Å². The van der Waals surface area contributed by atoms with Gasteiger partial charge in [-0.2, -0.15) is 0 Å². The molecule has 1 unspecified atom stereocenters. The summed E-state index contributed by atoms with van der Waals surface area (Å²) in [6.07, 6.45) is 2.42. The molecule has 1 saturated carbocycles. The lowest BCUT2D eigenvalue weighted by Gasteiger charge is -2.18. The van der Waals surface area contributed by atoms with Crippen LogP contribution in [0.4, 0.5) is 5.69 Å². The smallest absolute Gasteiger partial charge is 0.303 e. The SMILES string of the molecule is CC(CCC(=O)O)CNC(=O)C1(c2ccc(N)cc2)CC1. The molecule has 0 aromatic heterocycles. The number of aliphatic carboxylic acids is 1. The van der Waals surface area contributed by atoms with Crippen LogP contribution in [0.3, 0.4) is 0 Å². The maximum atomic E-state index is 12.4. The van der Waals surface area contributed by atoms with E-state index in [2.05, 4.69) is 5.32 Å². The summed E-state index contributed by atoms with van der Waals surface area (Å²) in [5.41, 5.74) is 6.97. The molecule has 1 amide bonds. The number of carboxylic acid groups (broad SMARTS) is 1. The summed E-state index contributed by atoms with van der Waals surface area (Å²) in [5.74, 6) is -0.601. The van der Waals surface area contributed by atoms with E-state index in [1.165, 1.54) is 0 Å². The number of anilines is 1. The predicted molar refractivity (Wildman–Crippen MR) is 80.8 cm³/mol. The van der Waals surface area contributed by atoms with E-state index < -0.39 is 11.4 Å². The van der Waals surface area contributed by atoms with Gasteiger partial charge in [0.15, 0.2) is 0 Å². The van der Waals surface area contributed by atoms with Crippen molar-refractivity contribution in [3.63, 3.8) is 0 Å². The minimum atomic E-state index is -0.797. The first kappa shape index (κ1) is 15.4. The normalized spacial score (nSPS) is 17.0. The number of nitrogens with one attached hydrogen (secondary N) is 1. The van der Waals surface area contributed by atoms with Crippen LogP contribution in [0.5, 0.6) is 0 Å². The van der Waals surface area contributed by atoms with E-state index in [-0.39, 0.29) is 18.2 Å². The molecule has 0 spiro atoms. The molecule has 1 aromatic rings. The summed E-state index contributed by atoms with van der Waals surface area (Å²) < 4.78 is 0. The van der Waals surface area contributed by atoms with E-state index in [9.17, 15) is 9.59 Å². The molecule has 1 fully saturated rings. The molecule has 2 rings (SSSR count). The molecular weight excluding hydrogens is 268 g/mol. The molecule has 0 saturated heterocycles. The highest BCUT2D eigenvalue weighted by atomic mass is 16.4. The van der Waals surface area contributed by atoms with Crippen molar-refractivity contribution in [2.75, 3.05) is 12.3 Å². The number of carbonyl (C=O) groups excluding carboxylic acids is 1. The molecule has 1 aromatic carbocycles. The van der Waals surface area contributed by atoms with Gasteiger partial charge < -0.3 is 16.2 Å². The minimum absolute atomic E-state index is 0.0365. The maximum Gasteiger partial charge on any atom is 0.303 e. The minimum Gasteiger partial charge on any atom is -0.481 e. The van der Waals surface area contributed by atoms with Gasteiger partial charge in [-0.1, -0.05) is 19.1 Å². The third kappa shape index (κ3) is 3.74. The van der Waals surface area contributed by atoms with Gasteiger partial charge in [-0.3, -0.25) is 9.59 Å². The van der Waals surface area contributed by atoms with Gasteiger partial charge in [-0.25, -0.2) is 0 Å². The Morgan fingerprint density at radius 2 is 1.95 bits per heavy atom. The van der Waals surface area contributed by atoms with Crippen LogP contribution >= 0.6 is 0 Å². The van der Waals surface area contributed by atoms with Gasteiger partial charge in [0.2, 0.25) is 5.91 Å². The third-order valence-electron chi connectivity index (χ3n) is 4.11. The standard InChI is InChI=1S/C16H22N2O3/c1-11(2-7-14(19)20)10-18-15(21)16(8-9-16)12-3-5-13(17)6-4-12/h3-6,11H,2,7-10,17H2,1H3,(H,18,21)(H,19,20). The van der Waals surface area contributed by atoms with Gasteiger partial charge >= 0.3 is 5.97 Å². The van der Waals surface area contributed by atoms with Gasteiger partial charge in [-0.15, -0.1) is 0 Å². The molecule has 1 atom stereocenters.